The van der Waals surface area contributed by atoms with Crippen LogP contribution in [0.2, 0.25) is 0 Å². The molecular weight excluding hydrogens is 314 g/mol. The van der Waals surface area contributed by atoms with Crippen molar-refractivity contribution in [3.05, 3.63) is 47.3 Å². The van der Waals surface area contributed by atoms with Gasteiger partial charge in [0.25, 0.3) is 0 Å². The van der Waals surface area contributed by atoms with Gasteiger partial charge in [-0.15, -0.1) is 0 Å². The molecule has 1 aromatic carbocycles. The van der Waals surface area contributed by atoms with Gasteiger partial charge in [0.2, 0.25) is 6.41 Å². The third-order valence-electron chi connectivity index (χ3n) is 5.05. The van der Waals surface area contributed by atoms with Crippen LogP contribution in [0.4, 0.5) is 11.6 Å². The Kier molecular flexibility index (Phi) is 4.26. The summed E-state index contributed by atoms with van der Waals surface area (Å²) in [6, 6.07) is 10.7. The van der Waals surface area contributed by atoms with Gasteiger partial charge in [-0.3, -0.25) is 4.79 Å². The summed E-state index contributed by atoms with van der Waals surface area (Å²) in [5.74, 6) is 2.76. The maximum absolute atomic E-state index is 10.9. The first-order chi connectivity index (χ1) is 12.2. The minimum atomic E-state index is 0.749. The zero-order chi connectivity index (χ0) is 17.2. The highest BCUT2D eigenvalue weighted by molar-refractivity contribution is 5.54. The molecule has 6 heteroatoms. The van der Waals surface area contributed by atoms with E-state index in [9.17, 15) is 4.79 Å². The van der Waals surface area contributed by atoms with Crippen LogP contribution >= 0.6 is 0 Å². The number of amides is 1. The van der Waals surface area contributed by atoms with Gasteiger partial charge in [0.05, 0.1) is 0 Å². The van der Waals surface area contributed by atoms with Gasteiger partial charge in [0.15, 0.2) is 0 Å². The molecule has 0 bridgehead atoms. The van der Waals surface area contributed by atoms with Gasteiger partial charge < -0.3 is 14.7 Å². The number of hydrogen-bond acceptors (Lipinski definition) is 5. The highest BCUT2D eigenvalue weighted by Gasteiger charge is 2.21. The smallest absolute Gasteiger partial charge is 0.209 e. The van der Waals surface area contributed by atoms with E-state index >= 15 is 0 Å². The third kappa shape index (κ3) is 3.29. The van der Waals surface area contributed by atoms with Crippen molar-refractivity contribution in [3.63, 3.8) is 0 Å². The van der Waals surface area contributed by atoms with Crippen molar-refractivity contribution in [2.45, 2.75) is 19.9 Å². The molecule has 6 nitrogen and oxygen atoms in total. The van der Waals surface area contributed by atoms with Crippen molar-refractivity contribution in [1.82, 2.24) is 14.9 Å². The van der Waals surface area contributed by atoms with E-state index in [0.29, 0.717) is 0 Å². The molecule has 2 aromatic rings. The first kappa shape index (κ1) is 15.9. The number of fused-ring (bicyclic) bond motifs is 1. The molecule has 130 valence electrons. The fourth-order valence-electron chi connectivity index (χ4n) is 3.61. The van der Waals surface area contributed by atoms with Crippen molar-refractivity contribution in [3.8, 4) is 0 Å². The molecule has 0 unspecified atom stereocenters. The Balaban J connectivity index is 1.55. The van der Waals surface area contributed by atoms with E-state index < -0.39 is 0 Å². The van der Waals surface area contributed by atoms with Gasteiger partial charge in [0, 0.05) is 45.3 Å². The summed E-state index contributed by atoms with van der Waals surface area (Å²) in [7, 11) is 0. The van der Waals surface area contributed by atoms with E-state index in [1.165, 1.54) is 11.1 Å². The molecule has 0 saturated carbocycles. The first-order valence-electron chi connectivity index (χ1n) is 8.84. The SMILES string of the molecule is Cc1nc(N2CCN(C=O)CC2)cc(N2CCc3ccccc3C2)n1. The van der Waals surface area contributed by atoms with Gasteiger partial charge in [-0.05, 0) is 24.5 Å². The van der Waals surface area contributed by atoms with Crippen LogP contribution in [-0.2, 0) is 17.8 Å². The number of hydrogen-bond donors (Lipinski definition) is 0. The Bertz CT molecular complexity index is 770. The van der Waals surface area contributed by atoms with Crippen molar-refractivity contribution >= 4 is 18.0 Å². The molecule has 4 rings (SSSR count). The molecule has 1 fully saturated rings. The zero-order valence-electron chi connectivity index (χ0n) is 14.6. The number of benzene rings is 1. The zero-order valence-corrected chi connectivity index (χ0v) is 14.6. The van der Waals surface area contributed by atoms with Gasteiger partial charge >= 0.3 is 0 Å². The second-order valence-corrected chi connectivity index (χ2v) is 6.70. The standard InChI is InChI=1S/C19H23N5O/c1-15-20-18(23-10-8-22(14-25)9-11-23)12-19(21-15)24-7-6-16-4-2-3-5-17(16)13-24/h2-5,12,14H,6-11,13H2,1H3. The number of carbonyl (C=O) groups excluding carboxylic acids is 1. The normalized spacial score (nSPS) is 17.4. The van der Waals surface area contributed by atoms with Crippen molar-refractivity contribution in [2.24, 2.45) is 0 Å². The number of piperazine rings is 1. The summed E-state index contributed by atoms with van der Waals surface area (Å²) >= 11 is 0. The quantitative estimate of drug-likeness (QED) is 0.797. The van der Waals surface area contributed by atoms with E-state index in [4.69, 9.17) is 0 Å². The predicted molar refractivity (Wildman–Crippen MR) is 97.8 cm³/mol. The predicted octanol–water partition coefficient (Wildman–Crippen LogP) is 1.63. The Morgan fingerprint density at radius 1 is 0.920 bits per heavy atom. The molecule has 2 aliphatic rings. The second-order valence-electron chi connectivity index (χ2n) is 6.70. The summed E-state index contributed by atoms with van der Waals surface area (Å²) in [5.41, 5.74) is 2.82. The van der Waals surface area contributed by atoms with Gasteiger partial charge in [0.1, 0.15) is 17.5 Å². The summed E-state index contributed by atoms with van der Waals surface area (Å²) in [6.45, 7) is 6.95. The number of aromatic nitrogens is 2. The molecule has 1 aromatic heterocycles. The van der Waals surface area contributed by atoms with Crippen molar-refractivity contribution < 1.29 is 4.79 Å². The van der Waals surface area contributed by atoms with E-state index in [0.717, 1.165) is 69.6 Å². The topological polar surface area (TPSA) is 52.6 Å². The van der Waals surface area contributed by atoms with Gasteiger partial charge in [-0.25, -0.2) is 9.97 Å². The average molecular weight is 337 g/mol. The summed E-state index contributed by atoms with van der Waals surface area (Å²) in [6.07, 6.45) is 1.98. The lowest BCUT2D eigenvalue weighted by Gasteiger charge is -2.34. The lowest BCUT2D eigenvalue weighted by Crippen LogP contribution is -2.46. The highest BCUT2D eigenvalue weighted by Crippen LogP contribution is 2.26. The first-order valence-corrected chi connectivity index (χ1v) is 8.84. The molecule has 0 atom stereocenters. The number of rotatable bonds is 3. The molecule has 0 spiro atoms. The van der Waals surface area contributed by atoms with E-state index in [-0.39, 0.29) is 0 Å². The van der Waals surface area contributed by atoms with Crippen LogP contribution < -0.4 is 9.80 Å². The molecule has 0 radical (unpaired) electrons. The largest absolute Gasteiger partial charge is 0.353 e. The highest BCUT2D eigenvalue weighted by atomic mass is 16.1. The Labute approximate surface area is 148 Å². The van der Waals surface area contributed by atoms with Crippen LogP contribution in [0, 0.1) is 6.92 Å². The molecule has 2 aliphatic heterocycles. The van der Waals surface area contributed by atoms with Crippen LogP contribution in [0.15, 0.2) is 30.3 Å². The minimum absolute atomic E-state index is 0.749. The number of anilines is 2. The van der Waals surface area contributed by atoms with Crippen LogP contribution in [-0.4, -0.2) is 54.0 Å². The Morgan fingerprint density at radius 3 is 2.32 bits per heavy atom. The minimum Gasteiger partial charge on any atom is -0.353 e. The van der Waals surface area contributed by atoms with E-state index in [1.807, 2.05) is 11.8 Å². The van der Waals surface area contributed by atoms with Gasteiger partial charge in [-0.2, -0.15) is 0 Å². The lowest BCUT2D eigenvalue weighted by atomic mass is 10.00. The maximum atomic E-state index is 10.9. The molecule has 0 aliphatic carbocycles. The molecule has 1 saturated heterocycles. The van der Waals surface area contributed by atoms with Crippen LogP contribution in [0.1, 0.15) is 17.0 Å². The van der Waals surface area contributed by atoms with E-state index in [1.54, 1.807) is 0 Å². The van der Waals surface area contributed by atoms with Crippen LogP contribution in [0.3, 0.4) is 0 Å². The number of carbonyl (C=O) groups is 1. The Morgan fingerprint density at radius 2 is 1.60 bits per heavy atom. The van der Waals surface area contributed by atoms with E-state index in [2.05, 4.69) is 50.1 Å². The number of aryl methyl sites for hydroxylation is 1. The summed E-state index contributed by atoms with van der Waals surface area (Å²) in [4.78, 5) is 26.6. The third-order valence-corrected chi connectivity index (χ3v) is 5.05. The van der Waals surface area contributed by atoms with Crippen molar-refractivity contribution in [1.29, 1.82) is 0 Å². The monoisotopic (exact) mass is 337 g/mol. The van der Waals surface area contributed by atoms with Crippen molar-refractivity contribution in [2.75, 3.05) is 42.5 Å². The Hall–Kier alpha value is -2.63. The fourth-order valence-corrected chi connectivity index (χ4v) is 3.61. The molecule has 0 N–H and O–H groups in total. The molecule has 3 heterocycles. The maximum Gasteiger partial charge on any atom is 0.209 e. The van der Waals surface area contributed by atoms with Crippen LogP contribution in [0.5, 0.6) is 0 Å². The second kappa shape index (κ2) is 6.70. The molecule has 1 amide bonds. The van der Waals surface area contributed by atoms with Gasteiger partial charge in [-0.1, -0.05) is 24.3 Å². The summed E-state index contributed by atoms with van der Waals surface area (Å²) in [5, 5.41) is 0. The lowest BCUT2D eigenvalue weighted by molar-refractivity contribution is -0.118. The molecule has 25 heavy (non-hydrogen) atoms. The average Bonchev–Trinajstić information content (AvgIpc) is 2.67. The fraction of sp³-hybridized carbons (Fsp3) is 0.421. The number of nitrogens with zero attached hydrogens (tertiary/aromatic N) is 5. The summed E-state index contributed by atoms with van der Waals surface area (Å²) < 4.78 is 0. The van der Waals surface area contributed by atoms with Crippen LogP contribution in [0.25, 0.3) is 0 Å². The molecular formula is C19H23N5O.